The Morgan fingerprint density at radius 1 is 0.425 bits per heavy atom. The van der Waals surface area contributed by atoms with E-state index in [1.54, 1.807) is 6.92 Å². The number of fused-ring (bicyclic) bond motifs is 13. The standard InChI is InChI=1S/C55H80O18/c1-24(23-56)5-6-26-11-32-33(61-26)13-28(58)52-46(65-32)19-41-35(70-52)14-29(59)53-47(66-41)20-43-49(71-53)22-55(4)51(69-43)10-8-31-45(73-55)18-40-37(63-31)15-39-38(64-40)16-42-48(67-39)21-54(3)50(68-42)9-7-30-44(72-54)17-36-34(62-30)12-27(57)25(2)60-36/h5,23,25-53,57-59H,6-22H2,1-4H3/b24-5+/t25-,26?,27+,28+,29+,30+,31+,32+,33-,34-,35-,36+,37-,38-,39+,40+,41+,42+,43+,44-,45-,46-,47-,48-,49-,50-,51-,52+,53+,54+,55+/m1/s1. The zero-order valence-corrected chi connectivity index (χ0v) is 42.9. The minimum absolute atomic E-state index is 0.0583. The number of aldehydes is 1. The van der Waals surface area contributed by atoms with Gasteiger partial charge in [0.2, 0.25) is 0 Å². The lowest BCUT2D eigenvalue weighted by atomic mass is 9.80. The van der Waals surface area contributed by atoms with E-state index in [1.165, 1.54) is 0 Å². The van der Waals surface area contributed by atoms with Crippen molar-refractivity contribution < 1.29 is 86.4 Å². The zero-order chi connectivity index (χ0) is 49.7. The Balaban J connectivity index is 0.602. The Morgan fingerprint density at radius 3 is 1.37 bits per heavy atom. The van der Waals surface area contributed by atoms with Gasteiger partial charge in [-0.15, -0.1) is 0 Å². The smallest absolute Gasteiger partial charge is 0.145 e. The van der Waals surface area contributed by atoms with Crippen molar-refractivity contribution in [3.05, 3.63) is 11.6 Å². The highest BCUT2D eigenvalue weighted by Gasteiger charge is 2.62. The first-order valence-corrected chi connectivity index (χ1v) is 28.6. The molecule has 0 amide bonds. The summed E-state index contributed by atoms with van der Waals surface area (Å²) in [5.41, 5.74) is -0.494. The van der Waals surface area contributed by atoms with Crippen molar-refractivity contribution in [2.45, 2.75) is 325 Å². The lowest BCUT2D eigenvalue weighted by Crippen LogP contribution is -2.65. The third kappa shape index (κ3) is 9.09. The highest BCUT2D eigenvalue weighted by atomic mass is 16.7. The van der Waals surface area contributed by atoms with Gasteiger partial charge >= 0.3 is 0 Å². The number of hydrogen-bond donors (Lipinski definition) is 3. The largest absolute Gasteiger partial charge is 0.390 e. The van der Waals surface area contributed by atoms with Crippen molar-refractivity contribution in [2.24, 2.45) is 0 Å². The Bertz CT molecular complexity index is 2060. The summed E-state index contributed by atoms with van der Waals surface area (Å²) in [5, 5.41) is 33.8. The minimum atomic E-state index is -0.837. The topological polar surface area (TPSA) is 207 Å². The molecule has 1 unspecified atom stereocenters. The van der Waals surface area contributed by atoms with Gasteiger partial charge in [-0.05, 0) is 65.4 Å². The predicted octanol–water partition coefficient (Wildman–Crippen LogP) is 3.39. The fourth-order valence-electron chi connectivity index (χ4n) is 16.5. The van der Waals surface area contributed by atoms with E-state index in [-0.39, 0.29) is 128 Å². The van der Waals surface area contributed by atoms with Crippen molar-refractivity contribution >= 4 is 6.29 Å². The van der Waals surface area contributed by atoms with Crippen molar-refractivity contribution in [1.29, 1.82) is 0 Å². The van der Waals surface area contributed by atoms with Gasteiger partial charge in [0.25, 0.3) is 0 Å². The van der Waals surface area contributed by atoms with Crippen LogP contribution in [-0.4, -0.2) is 210 Å². The Kier molecular flexibility index (Phi) is 13.2. The molecular formula is C55H80O18. The first-order chi connectivity index (χ1) is 35.2. The van der Waals surface area contributed by atoms with E-state index in [1.807, 2.05) is 13.0 Å². The molecule has 31 atom stereocenters. The Labute approximate surface area is 428 Å². The number of ether oxygens (including phenoxy) is 14. The summed E-state index contributed by atoms with van der Waals surface area (Å²) in [6, 6.07) is 0. The second-order valence-corrected chi connectivity index (χ2v) is 25.4. The lowest BCUT2D eigenvalue weighted by molar-refractivity contribution is -0.329. The predicted molar refractivity (Wildman–Crippen MR) is 252 cm³/mol. The summed E-state index contributed by atoms with van der Waals surface area (Å²) in [4.78, 5) is 11.2. The molecule has 0 aliphatic carbocycles. The van der Waals surface area contributed by atoms with E-state index in [2.05, 4.69) is 13.8 Å². The molecule has 3 N–H and O–H groups in total. The molecule has 408 valence electrons. The van der Waals surface area contributed by atoms with Crippen LogP contribution in [-0.2, 0) is 71.1 Å². The summed E-state index contributed by atoms with van der Waals surface area (Å²) in [7, 11) is 0. The average molecular weight is 1030 g/mol. The van der Waals surface area contributed by atoms with Gasteiger partial charge in [0.1, 0.15) is 18.5 Å². The molecule has 0 aromatic rings. The number of allylic oxidation sites excluding steroid dienone is 1. The van der Waals surface area contributed by atoms with Crippen molar-refractivity contribution in [3.8, 4) is 0 Å². The maximum absolute atomic E-state index is 11.8. The zero-order valence-electron chi connectivity index (χ0n) is 42.9. The third-order valence-electron chi connectivity index (χ3n) is 20.4. The molecule has 73 heavy (non-hydrogen) atoms. The lowest BCUT2D eigenvalue weighted by Gasteiger charge is -2.56. The fourth-order valence-corrected chi connectivity index (χ4v) is 16.5. The van der Waals surface area contributed by atoms with E-state index in [0.717, 1.165) is 64.1 Å². The summed E-state index contributed by atoms with van der Waals surface area (Å²) in [5.74, 6) is 0. The molecule has 14 saturated heterocycles. The quantitative estimate of drug-likeness (QED) is 0.274. The summed E-state index contributed by atoms with van der Waals surface area (Å²) < 4.78 is 95.5. The van der Waals surface area contributed by atoms with Crippen molar-refractivity contribution in [1.82, 2.24) is 0 Å². The average Bonchev–Trinajstić information content (AvgIpc) is 3.41. The maximum atomic E-state index is 11.8. The first kappa shape index (κ1) is 50.0. The van der Waals surface area contributed by atoms with Gasteiger partial charge in [0, 0.05) is 77.0 Å². The normalized spacial score (nSPS) is 59.3. The summed E-state index contributed by atoms with van der Waals surface area (Å²) in [6.45, 7) is 8.07. The number of aliphatic hydroxyl groups excluding tert-OH is 3. The van der Waals surface area contributed by atoms with Gasteiger partial charge in [0.05, 0.1) is 176 Å². The van der Waals surface area contributed by atoms with E-state index < -0.39 is 60.0 Å². The monoisotopic (exact) mass is 1030 g/mol. The molecule has 14 fully saturated rings. The Morgan fingerprint density at radius 2 is 0.808 bits per heavy atom. The van der Waals surface area contributed by atoms with E-state index in [4.69, 9.17) is 66.3 Å². The van der Waals surface area contributed by atoms with Crippen LogP contribution in [0.2, 0.25) is 0 Å². The van der Waals surface area contributed by atoms with Crippen LogP contribution in [0.4, 0.5) is 0 Å². The molecule has 0 radical (unpaired) electrons. The molecule has 14 rings (SSSR count). The molecule has 18 nitrogen and oxygen atoms in total. The minimum Gasteiger partial charge on any atom is -0.390 e. The second kappa shape index (κ2) is 19.2. The van der Waals surface area contributed by atoms with Crippen LogP contribution in [0.1, 0.15) is 137 Å². The first-order valence-electron chi connectivity index (χ1n) is 28.6. The van der Waals surface area contributed by atoms with Gasteiger partial charge in [-0.1, -0.05) is 6.08 Å². The second-order valence-electron chi connectivity index (χ2n) is 25.4. The van der Waals surface area contributed by atoms with Crippen LogP contribution in [0, 0.1) is 0 Å². The molecule has 0 spiro atoms. The molecule has 0 aromatic heterocycles. The summed E-state index contributed by atoms with van der Waals surface area (Å²) in [6.07, 6.45) is 6.26. The fraction of sp³-hybridized carbons (Fsp3) is 0.945. The van der Waals surface area contributed by atoms with E-state index in [0.29, 0.717) is 56.9 Å². The highest BCUT2D eigenvalue weighted by molar-refractivity contribution is 5.71. The number of rotatable bonds is 3. The number of aliphatic hydroxyl groups is 3. The van der Waals surface area contributed by atoms with Crippen LogP contribution in [0.5, 0.6) is 0 Å². The molecule has 0 aromatic carbocycles. The van der Waals surface area contributed by atoms with Crippen LogP contribution in [0.25, 0.3) is 0 Å². The van der Waals surface area contributed by atoms with Gasteiger partial charge in [0.15, 0.2) is 0 Å². The molecule has 14 heterocycles. The summed E-state index contributed by atoms with van der Waals surface area (Å²) >= 11 is 0. The number of carbonyl (C=O) groups is 1. The van der Waals surface area contributed by atoms with Crippen LogP contribution < -0.4 is 0 Å². The number of hydrogen-bond acceptors (Lipinski definition) is 18. The van der Waals surface area contributed by atoms with Crippen LogP contribution in [0.3, 0.4) is 0 Å². The number of carbonyl (C=O) groups excluding carboxylic acids is 1. The van der Waals surface area contributed by atoms with Crippen molar-refractivity contribution in [3.63, 3.8) is 0 Å². The van der Waals surface area contributed by atoms with Crippen LogP contribution in [0.15, 0.2) is 11.6 Å². The molecule has 18 heteroatoms. The van der Waals surface area contributed by atoms with E-state index in [9.17, 15) is 20.1 Å². The van der Waals surface area contributed by atoms with Crippen LogP contribution >= 0.6 is 0 Å². The van der Waals surface area contributed by atoms with Gasteiger partial charge < -0.3 is 81.6 Å². The molecule has 0 saturated carbocycles. The highest BCUT2D eigenvalue weighted by Crippen LogP contribution is 2.52. The molecular weight excluding hydrogens is 949 g/mol. The maximum Gasteiger partial charge on any atom is 0.145 e. The van der Waals surface area contributed by atoms with Gasteiger partial charge in [-0.2, -0.15) is 0 Å². The Hall–Kier alpha value is -1.27. The SMILES string of the molecule is C/C(C=O)=C\CC1C[C@@H]2O[C@@H]3C[C@@H]4O[C@@H]5C[C@@H]6O[C@@H]7CC[C@@H]8O[C@@H]9C[C@@H]%10O[C@@H]%11C[C@]%12(C)O[C@@H]%13C[C@@H]%14O[C@H](C)[C@@H](O)C[C@H]%14O[C@H]%13CC[C@H]%12O[C@H]%11C[C@H]%10O[C@H]9C[C@H]8O[C@@]7(C)C[C@H]6O[C@H]5[C@@H](O)C[C@H]4O[C@H]3[C@@H](O)C[C@H]2O1. The van der Waals surface area contributed by atoms with Gasteiger partial charge in [-0.25, -0.2) is 0 Å². The van der Waals surface area contributed by atoms with Gasteiger partial charge in [-0.3, -0.25) is 4.79 Å². The molecule has 14 aliphatic rings. The molecule has 14 aliphatic heterocycles. The van der Waals surface area contributed by atoms with Crippen molar-refractivity contribution in [2.75, 3.05) is 0 Å². The molecule has 0 bridgehead atoms. The van der Waals surface area contributed by atoms with E-state index >= 15 is 0 Å². The third-order valence-corrected chi connectivity index (χ3v) is 20.4.